The maximum Gasteiger partial charge on any atom is 0.254 e. The predicted molar refractivity (Wildman–Crippen MR) is 66.6 cm³/mol. The first-order valence-electron chi connectivity index (χ1n) is 5.46. The molecule has 2 unspecified atom stereocenters. The molecule has 0 aliphatic heterocycles. The second-order valence-corrected chi connectivity index (χ2v) is 4.89. The summed E-state index contributed by atoms with van der Waals surface area (Å²) >= 11 is -2.14. The fraction of sp³-hybridized carbons (Fsp3) is 0.455. The molecule has 0 radical (unpaired) electrons. The number of aliphatic hydroxyl groups is 1. The SMILES string of the molecule is Cc1ccc(NC(=O)C(O)CCCS(=O)[O-])nc1. The Morgan fingerprint density at radius 2 is 2.33 bits per heavy atom. The second kappa shape index (κ2) is 7.20. The summed E-state index contributed by atoms with van der Waals surface area (Å²) in [5, 5.41) is 12.0. The molecule has 2 N–H and O–H groups in total. The van der Waals surface area contributed by atoms with E-state index in [1.165, 1.54) is 0 Å². The lowest BCUT2D eigenvalue weighted by Crippen LogP contribution is -2.28. The number of nitrogens with zero attached hydrogens (tertiary/aromatic N) is 1. The monoisotopic (exact) mass is 271 g/mol. The number of carbonyl (C=O) groups is 1. The lowest BCUT2D eigenvalue weighted by molar-refractivity contribution is -0.124. The number of aromatic nitrogens is 1. The van der Waals surface area contributed by atoms with E-state index >= 15 is 0 Å². The number of hydrogen-bond donors (Lipinski definition) is 2. The molecule has 7 heteroatoms. The van der Waals surface area contributed by atoms with Gasteiger partial charge in [-0.2, -0.15) is 0 Å². The molecule has 100 valence electrons. The van der Waals surface area contributed by atoms with E-state index in [1.807, 2.05) is 6.92 Å². The Morgan fingerprint density at radius 3 is 2.89 bits per heavy atom. The minimum atomic E-state index is -2.14. The zero-order chi connectivity index (χ0) is 13.5. The van der Waals surface area contributed by atoms with Crippen molar-refractivity contribution in [3.8, 4) is 0 Å². The van der Waals surface area contributed by atoms with Gasteiger partial charge in [0.1, 0.15) is 11.9 Å². The van der Waals surface area contributed by atoms with E-state index in [0.29, 0.717) is 5.82 Å². The maximum absolute atomic E-state index is 11.5. The lowest BCUT2D eigenvalue weighted by Gasteiger charge is -2.11. The molecule has 1 heterocycles. The normalized spacial score (nSPS) is 13.9. The zero-order valence-electron chi connectivity index (χ0n) is 9.96. The van der Waals surface area contributed by atoms with Crippen LogP contribution < -0.4 is 5.32 Å². The molecule has 0 aromatic carbocycles. The molecule has 0 saturated heterocycles. The van der Waals surface area contributed by atoms with Crippen LogP contribution in [0.1, 0.15) is 18.4 Å². The standard InChI is InChI=1S/C11H16N2O4S/c1-8-4-5-10(12-7-8)13-11(15)9(14)3-2-6-18(16)17/h4-5,7,9,14H,2-3,6H2,1H3,(H,16,17)(H,12,13,15)/p-1. The van der Waals surface area contributed by atoms with E-state index in [2.05, 4.69) is 10.3 Å². The zero-order valence-corrected chi connectivity index (χ0v) is 10.8. The number of nitrogens with one attached hydrogen (secondary N) is 1. The van der Waals surface area contributed by atoms with E-state index in [-0.39, 0.29) is 18.6 Å². The van der Waals surface area contributed by atoms with Gasteiger partial charge in [-0.15, -0.1) is 0 Å². The van der Waals surface area contributed by atoms with E-state index in [1.54, 1.807) is 18.3 Å². The predicted octanol–water partition coefficient (Wildman–Crippen LogP) is 0.349. The molecular formula is C11H15N2O4S-. The largest absolute Gasteiger partial charge is 0.772 e. The Morgan fingerprint density at radius 1 is 1.61 bits per heavy atom. The third-order valence-electron chi connectivity index (χ3n) is 2.25. The van der Waals surface area contributed by atoms with Crippen LogP contribution in [0.25, 0.3) is 0 Å². The Hall–Kier alpha value is -1.31. The van der Waals surface area contributed by atoms with Gasteiger partial charge in [0.15, 0.2) is 0 Å². The highest BCUT2D eigenvalue weighted by molar-refractivity contribution is 7.79. The molecule has 1 aromatic rings. The Labute approximate surface area is 108 Å². The number of aryl methyl sites for hydroxylation is 1. The number of carbonyl (C=O) groups excluding carboxylic acids is 1. The molecule has 6 nitrogen and oxygen atoms in total. The van der Waals surface area contributed by atoms with Crippen molar-refractivity contribution in [3.63, 3.8) is 0 Å². The van der Waals surface area contributed by atoms with Crippen LogP contribution in [-0.4, -0.2) is 36.6 Å². The Balaban J connectivity index is 2.39. The summed E-state index contributed by atoms with van der Waals surface area (Å²) < 4.78 is 20.6. The first kappa shape index (κ1) is 14.7. The van der Waals surface area contributed by atoms with Crippen LogP contribution in [0.4, 0.5) is 5.82 Å². The van der Waals surface area contributed by atoms with Crippen molar-refractivity contribution in [2.75, 3.05) is 11.1 Å². The summed E-state index contributed by atoms with van der Waals surface area (Å²) in [4.78, 5) is 15.5. The summed E-state index contributed by atoms with van der Waals surface area (Å²) in [6, 6.07) is 3.42. The molecule has 18 heavy (non-hydrogen) atoms. The average molecular weight is 271 g/mol. The molecular weight excluding hydrogens is 256 g/mol. The van der Waals surface area contributed by atoms with Crippen molar-refractivity contribution in [3.05, 3.63) is 23.9 Å². The van der Waals surface area contributed by atoms with E-state index in [9.17, 15) is 18.7 Å². The van der Waals surface area contributed by atoms with Gasteiger partial charge in [-0.05, 0) is 31.4 Å². The highest BCUT2D eigenvalue weighted by Gasteiger charge is 2.14. The summed E-state index contributed by atoms with van der Waals surface area (Å²) in [5.41, 5.74) is 0.964. The van der Waals surface area contributed by atoms with Gasteiger partial charge < -0.3 is 15.0 Å². The molecule has 0 saturated carbocycles. The second-order valence-electron chi connectivity index (χ2n) is 3.88. The van der Waals surface area contributed by atoms with Gasteiger partial charge in [0, 0.05) is 11.9 Å². The Bertz CT molecular complexity index is 422. The number of pyridine rings is 1. The summed E-state index contributed by atoms with van der Waals surface area (Å²) in [7, 11) is 0. The Kier molecular flexibility index (Phi) is 5.90. The lowest BCUT2D eigenvalue weighted by atomic mass is 10.2. The van der Waals surface area contributed by atoms with Gasteiger partial charge in [-0.3, -0.25) is 9.00 Å². The van der Waals surface area contributed by atoms with Crippen LogP contribution >= 0.6 is 0 Å². The molecule has 1 amide bonds. The minimum Gasteiger partial charge on any atom is -0.772 e. The molecule has 0 fully saturated rings. The number of anilines is 1. The van der Waals surface area contributed by atoms with E-state index in [4.69, 9.17) is 0 Å². The molecule has 0 aliphatic rings. The topological polar surface area (TPSA) is 102 Å². The quantitative estimate of drug-likeness (QED) is 0.727. The van der Waals surface area contributed by atoms with Crippen LogP contribution in [0.2, 0.25) is 0 Å². The van der Waals surface area contributed by atoms with Gasteiger partial charge in [0.2, 0.25) is 0 Å². The van der Waals surface area contributed by atoms with E-state index < -0.39 is 23.1 Å². The maximum atomic E-state index is 11.5. The fourth-order valence-electron chi connectivity index (χ4n) is 1.28. The van der Waals surface area contributed by atoms with Crippen molar-refractivity contribution < 1.29 is 18.7 Å². The number of aliphatic hydroxyl groups excluding tert-OH is 1. The van der Waals surface area contributed by atoms with Gasteiger partial charge in [-0.1, -0.05) is 17.1 Å². The molecule has 0 bridgehead atoms. The molecule has 1 aromatic heterocycles. The highest BCUT2D eigenvalue weighted by Crippen LogP contribution is 2.06. The molecule has 1 rings (SSSR count). The van der Waals surface area contributed by atoms with Crippen LogP contribution in [0, 0.1) is 6.92 Å². The summed E-state index contributed by atoms with van der Waals surface area (Å²) in [6.45, 7) is 1.87. The van der Waals surface area contributed by atoms with Crippen molar-refractivity contribution >= 4 is 22.8 Å². The average Bonchev–Trinajstić information content (AvgIpc) is 2.31. The minimum absolute atomic E-state index is 0.0624. The smallest absolute Gasteiger partial charge is 0.254 e. The first-order valence-corrected chi connectivity index (χ1v) is 6.71. The van der Waals surface area contributed by atoms with Crippen LogP contribution in [0.15, 0.2) is 18.3 Å². The molecule has 0 aliphatic carbocycles. The van der Waals surface area contributed by atoms with Crippen molar-refractivity contribution in [1.29, 1.82) is 0 Å². The first-order chi connectivity index (χ1) is 8.49. The van der Waals surface area contributed by atoms with Crippen LogP contribution in [-0.2, 0) is 15.9 Å². The summed E-state index contributed by atoms with van der Waals surface area (Å²) in [5.74, 6) is -0.285. The number of amides is 1. The van der Waals surface area contributed by atoms with Gasteiger partial charge in [0.25, 0.3) is 5.91 Å². The van der Waals surface area contributed by atoms with Crippen LogP contribution in [0.5, 0.6) is 0 Å². The number of hydrogen-bond acceptors (Lipinski definition) is 5. The number of rotatable bonds is 6. The van der Waals surface area contributed by atoms with Crippen molar-refractivity contribution in [2.45, 2.75) is 25.9 Å². The molecule has 0 spiro atoms. The third kappa shape index (κ3) is 5.35. The summed E-state index contributed by atoms with van der Waals surface area (Å²) in [6.07, 6.45) is 0.719. The third-order valence-corrected chi connectivity index (χ3v) is 2.88. The van der Waals surface area contributed by atoms with Crippen molar-refractivity contribution in [1.82, 2.24) is 4.98 Å². The fourth-order valence-corrected chi connectivity index (χ4v) is 1.68. The highest BCUT2D eigenvalue weighted by atomic mass is 32.2. The van der Waals surface area contributed by atoms with Crippen molar-refractivity contribution in [2.24, 2.45) is 0 Å². The van der Waals surface area contributed by atoms with E-state index in [0.717, 1.165) is 5.56 Å². The van der Waals surface area contributed by atoms with Gasteiger partial charge in [-0.25, -0.2) is 4.98 Å². The van der Waals surface area contributed by atoms with Gasteiger partial charge in [0.05, 0.1) is 0 Å². The molecule has 2 atom stereocenters. The van der Waals surface area contributed by atoms with Gasteiger partial charge >= 0.3 is 0 Å². The van der Waals surface area contributed by atoms with Crippen LogP contribution in [0.3, 0.4) is 0 Å².